The van der Waals surface area contributed by atoms with Gasteiger partial charge in [-0.05, 0) is 34.7 Å². The van der Waals surface area contributed by atoms with Gasteiger partial charge >= 0.3 is 12.1 Å². The van der Waals surface area contributed by atoms with Crippen molar-refractivity contribution in [2.75, 3.05) is 11.9 Å². The van der Waals surface area contributed by atoms with Crippen LogP contribution in [0.1, 0.15) is 48.2 Å². The summed E-state index contributed by atoms with van der Waals surface area (Å²) in [5.41, 5.74) is 5.28. The Balaban J connectivity index is 1.39. The van der Waals surface area contributed by atoms with Crippen molar-refractivity contribution in [2.24, 2.45) is 0 Å². The van der Waals surface area contributed by atoms with Crippen LogP contribution in [0.4, 0.5) is 9.80 Å². The zero-order chi connectivity index (χ0) is 24.5. The first-order valence-corrected chi connectivity index (χ1v) is 11.9. The number of benzene rings is 3. The van der Waals surface area contributed by atoms with E-state index < -0.39 is 12.1 Å². The fourth-order valence-corrected chi connectivity index (χ4v) is 5.57. The van der Waals surface area contributed by atoms with Crippen molar-refractivity contribution in [1.29, 1.82) is 0 Å². The van der Waals surface area contributed by atoms with E-state index in [1.165, 1.54) is 0 Å². The number of hydrogen-bond donors (Lipinski definition) is 2. The standard InChI is InChI=1S/C28H21NO5S/c1-16-23(24(30)17-9-3-2-4-10-17)26(35-25(16)27(31)32)29-28(33)34-15-22-20-13-7-5-11-18(20)19-12-6-8-14-21(19)22/h2-14,22H,15H2,1H3,(H,29,33)(H,31,32). The Bertz CT molecular complexity index is 1410. The molecule has 1 aliphatic rings. The smallest absolute Gasteiger partial charge is 0.412 e. The zero-order valence-electron chi connectivity index (χ0n) is 18.8. The third-order valence-electron chi connectivity index (χ3n) is 6.16. The van der Waals surface area contributed by atoms with E-state index in [1.54, 1.807) is 37.3 Å². The molecule has 0 bridgehead atoms. The van der Waals surface area contributed by atoms with E-state index in [-0.39, 0.29) is 33.7 Å². The van der Waals surface area contributed by atoms with Crippen molar-refractivity contribution in [2.45, 2.75) is 12.8 Å². The minimum Gasteiger partial charge on any atom is -0.477 e. The van der Waals surface area contributed by atoms with E-state index in [1.807, 2.05) is 36.4 Å². The van der Waals surface area contributed by atoms with Crippen molar-refractivity contribution < 1.29 is 24.2 Å². The molecule has 0 saturated heterocycles. The highest BCUT2D eigenvalue weighted by molar-refractivity contribution is 7.18. The lowest BCUT2D eigenvalue weighted by molar-refractivity contribution is 0.0701. The number of nitrogens with one attached hydrogen (secondary N) is 1. The minimum atomic E-state index is -1.16. The second-order valence-corrected chi connectivity index (χ2v) is 9.23. The maximum Gasteiger partial charge on any atom is 0.412 e. The molecule has 3 aromatic carbocycles. The van der Waals surface area contributed by atoms with Crippen LogP contribution in [-0.2, 0) is 4.74 Å². The Labute approximate surface area is 205 Å². The molecular formula is C28H21NO5S. The molecule has 0 spiro atoms. The molecule has 1 heterocycles. The molecule has 0 aliphatic heterocycles. The lowest BCUT2D eigenvalue weighted by Gasteiger charge is -2.14. The van der Waals surface area contributed by atoms with Crippen molar-refractivity contribution in [3.8, 4) is 11.1 Å². The molecule has 0 saturated carbocycles. The topological polar surface area (TPSA) is 92.7 Å². The number of amides is 1. The van der Waals surface area contributed by atoms with Crippen LogP contribution < -0.4 is 5.32 Å². The van der Waals surface area contributed by atoms with Gasteiger partial charge in [0, 0.05) is 11.5 Å². The first-order chi connectivity index (χ1) is 17.0. The van der Waals surface area contributed by atoms with Gasteiger partial charge in [0.25, 0.3) is 0 Å². The molecule has 2 N–H and O–H groups in total. The molecule has 5 rings (SSSR count). The quantitative estimate of drug-likeness (QED) is 0.312. The Hall–Kier alpha value is -4.23. The summed E-state index contributed by atoms with van der Waals surface area (Å²) >= 11 is 0.848. The predicted molar refractivity (Wildman–Crippen MR) is 135 cm³/mol. The lowest BCUT2D eigenvalue weighted by Crippen LogP contribution is -2.18. The van der Waals surface area contributed by atoms with Crippen LogP contribution in [0.25, 0.3) is 11.1 Å². The maximum absolute atomic E-state index is 13.2. The van der Waals surface area contributed by atoms with Gasteiger partial charge in [0.1, 0.15) is 16.5 Å². The number of thiophene rings is 1. The fraction of sp³-hybridized carbons (Fsp3) is 0.107. The highest BCUT2D eigenvalue weighted by Crippen LogP contribution is 2.44. The SMILES string of the molecule is Cc1c(C(=O)O)sc(NC(=O)OCC2c3ccccc3-c3ccccc32)c1C(=O)c1ccccc1. The summed E-state index contributed by atoms with van der Waals surface area (Å²) in [4.78, 5) is 37.7. The van der Waals surface area contributed by atoms with Crippen LogP contribution in [-0.4, -0.2) is 29.6 Å². The lowest BCUT2D eigenvalue weighted by atomic mass is 9.98. The van der Waals surface area contributed by atoms with Gasteiger partial charge < -0.3 is 9.84 Å². The highest BCUT2D eigenvalue weighted by Gasteiger charge is 2.30. The summed E-state index contributed by atoms with van der Waals surface area (Å²) in [5.74, 6) is -1.63. The van der Waals surface area contributed by atoms with Crippen molar-refractivity contribution in [3.05, 3.63) is 112 Å². The summed E-state index contributed by atoms with van der Waals surface area (Å²) in [7, 11) is 0. The summed E-state index contributed by atoms with van der Waals surface area (Å²) in [6, 6.07) is 24.6. The zero-order valence-corrected chi connectivity index (χ0v) is 19.6. The van der Waals surface area contributed by atoms with Crippen LogP contribution in [0.5, 0.6) is 0 Å². The van der Waals surface area contributed by atoms with Crippen LogP contribution in [0.3, 0.4) is 0 Å². The molecule has 0 fully saturated rings. The van der Waals surface area contributed by atoms with Gasteiger partial charge in [-0.15, -0.1) is 11.3 Å². The first kappa shape index (κ1) is 22.6. The van der Waals surface area contributed by atoms with E-state index in [0.29, 0.717) is 11.1 Å². The molecule has 0 radical (unpaired) electrons. The second kappa shape index (κ2) is 9.19. The van der Waals surface area contributed by atoms with Crippen molar-refractivity contribution in [3.63, 3.8) is 0 Å². The summed E-state index contributed by atoms with van der Waals surface area (Å²) in [6.45, 7) is 1.68. The van der Waals surface area contributed by atoms with Gasteiger partial charge in [0.05, 0.1) is 5.56 Å². The van der Waals surface area contributed by atoms with Crippen molar-refractivity contribution in [1.82, 2.24) is 0 Å². The largest absolute Gasteiger partial charge is 0.477 e. The molecular weight excluding hydrogens is 462 g/mol. The van der Waals surface area contributed by atoms with Gasteiger partial charge in [-0.3, -0.25) is 10.1 Å². The molecule has 1 amide bonds. The van der Waals surface area contributed by atoms with Crippen LogP contribution in [0, 0.1) is 6.92 Å². The normalized spacial score (nSPS) is 12.0. The van der Waals surface area contributed by atoms with Gasteiger partial charge in [-0.25, -0.2) is 9.59 Å². The van der Waals surface area contributed by atoms with E-state index in [9.17, 15) is 19.5 Å². The molecule has 1 aliphatic carbocycles. The van der Waals surface area contributed by atoms with Gasteiger partial charge in [-0.2, -0.15) is 0 Å². The fourth-order valence-electron chi connectivity index (χ4n) is 4.54. The number of carbonyl (C=O) groups is 3. The number of ether oxygens (including phenoxy) is 1. The van der Waals surface area contributed by atoms with E-state index in [0.717, 1.165) is 33.6 Å². The average molecular weight is 484 g/mol. The molecule has 0 atom stereocenters. The number of carboxylic acids is 1. The number of anilines is 1. The predicted octanol–water partition coefficient (Wildman–Crippen LogP) is 6.35. The minimum absolute atomic E-state index is 0.00164. The van der Waals surface area contributed by atoms with Crippen LogP contribution in [0.2, 0.25) is 0 Å². The number of fused-ring (bicyclic) bond motifs is 3. The Morgan fingerprint density at radius 3 is 2.06 bits per heavy atom. The van der Waals surface area contributed by atoms with Gasteiger partial charge in [0.2, 0.25) is 0 Å². The Kier molecular flexibility index (Phi) is 5.93. The summed E-state index contributed by atoms with van der Waals surface area (Å²) in [5, 5.41) is 12.4. The molecule has 4 aromatic rings. The highest BCUT2D eigenvalue weighted by atomic mass is 32.1. The molecule has 174 valence electrons. The molecule has 6 nitrogen and oxygen atoms in total. The van der Waals surface area contributed by atoms with E-state index in [2.05, 4.69) is 17.4 Å². The molecule has 0 unspecified atom stereocenters. The van der Waals surface area contributed by atoms with Crippen molar-refractivity contribution >= 4 is 34.2 Å². The summed E-state index contributed by atoms with van der Waals surface area (Å²) in [6.07, 6.45) is -0.743. The summed E-state index contributed by atoms with van der Waals surface area (Å²) < 4.78 is 5.59. The van der Waals surface area contributed by atoms with E-state index >= 15 is 0 Å². The number of rotatable bonds is 6. The third kappa shape index (κ3) is 4.11. The Morgan fingerprint density at radius 2 is 1.46 bits per heavy atom. The van der Waals surface area contributed by atoms with Gasteiger partial charge in [-0.1, -0.05) is 78.9 Å². The van der Waals surface area contributed by atoms with E-state index in [4.69, 9.17) is 4.74 Å². The van der Waals surface area contributed by atoms with Gasteiger partial charge in [0.15, 0.2) is 5.78 Å². The van der Waals surface area contributed by atoms with Crippen LogP contribution in [0.15, 0.2) is 78.9 Å². The number of carbonyl (C=O) groups excluding carboxylic acids is 2. The van der Waals surface area contributed by atoms with Crippen LogP contribution >= 0.6 is 11.3 Å². The third-order valence-corrected chi connectivity index (χ3v) is 7.36. The number of carboxylic acid groups (broad SMARTS) is 1. The number of ketones is 1. The molecule has 1 aromatic heterocycles. The Morgan fingerprint density at radius 1 is 0.886 bits per heavy atom. The maximum atomic E-state index is 13.2. The molecule has 35 heavy (non-hydrogen) atoms. The molecule has 7 heteroatoms. The number of hydrogen-bond acceptors (Lipinski definition) is 5. The first-order valence-electron chi connectivity index (χ1n) is 11.0. The number of aromatic carboxylic acids is 1. The second-order valence-electron chi connectivity index (χ2n) is 8.21. The monoisotopic (exact) mass is 483 g/mol. The average Bonchev–Trinajstić information content (AvgIpc) is 3.37.